The molecule has 112 valence electrons. The standard InChI is InChI=1S/C17H28N2O/c1-3-11-19-12-8-16(9-13-19)18-17-7-5-4-6-15(17)10-14-20-2/h4-7,16,18H,3,8-14H2,1-2H3. The lowest BCUT2D eigenvalue weighted by molar-refractivity contribution is 0.202. The van der Waals surface area contributed by atoms with Crippen molar-refractivity contribution in [1.29, 1.82) is 0 Å². The summed E-state index contributed by atoms with van der Waals surface area (Å²) in [6, 6.07) is 9.24. The second-order valence-electron chi connectivity index (χ2n) is 5.66. The number of hydrogen-bond donors (Lipinski definition) is 1. The minimum atomic E-state index is 0.617. The van der Waals surface area contributed by atoms with Crippen LogP contribution in [0.15, 0.2) is 24.3 Å². The van der Waals surface area contributed by atoms with Crippen LogP contribution in [0.25, 0.3) is 0 Å². The van der Waals surface area contributed by atoms with Gasteiger partial charge in [-0.25, -0.2) is 0 Å². The number of methoxy groups -OCH3 is 1. The second-order valence-corrected chi connectivity index (χ2v) is 5.66. The maximum absolute atomic E-state index is 5.20. The van der Waals surface area contributed by atoms with Gasteiger partial charge in [-0.3, -0.25) is 0 Å². The molecule has 0 amide bonds. The summed E-state index contributed by atoms with van der Waals surface area (Å²) < 4.78 is 5.20. The van der Waals surface area contributed by atoms with Gasteiger partial charge >= 0.3 is 0 Å². The van der Waals surface area contributed by atoms with Crippen molar-refractivity contribution in [2.45, 2.75) is 38.6 Å². The molecule has 1 saturated heterocycles. The topological polar surface area (TPSA) is 24.5 Å². The zero-order chi connectivity index (χ0) is 14.2. The van der Waals surface area contributed by atoms with Crippen molar-refractivity contribution < 1.29 is 4.74 Å². The van der Waals surface area contributed by atoms with Crippen molar-refractivity contribution in [3.8, 4) is 0 Å². The highest BCUT2D eigenvalue weighted by molar-refractivity contribution is 5.52. The number of ether oxygens (including phenoxy) is 1. The Morgan fingerprint density at radius 1 is 1.25 bits per heavy atom. The van der Waals surface area contributed by atoms with Crippen LogP contribution in [0.3, 0.4) is 0 Å². The molecule has 0 bridgehead atoms. The van der Waals surface area contributed by atoms with E-state index in [2.05, 4.69) is 41.4 Å². The fraction of sp³-hybridized carbons (Fsp3) is 0.647. The number of nitrogens with zero attached hydrogens (tertiary/aromatic N) is 1. The molecule has 0 aromatic heterocycles. The Hall–Kier alpha value is -1.06. The summed E-state index contributed by atoms with van der Waals surface area (Å²) in [4.78, 5) is 2.58. The molecule has 0 aliphatic carbocycles. The molecule has 20 heavy (non-hydrogen) atoms. The number of nitrogens with one attached hydrogen (secondary N) is 1. The third-order valence-electron chi connectivity index (χ3n) is 4.08. The number of anilines is 1. The van der Waals surface area contributed by atoms with Crippen molar-refractivity contribution in [3.63, 3.8) is 0 Å². The Morgan fingerprint density at radius 2 is 2.00 bits per heavy atom. The minimum Gasteiger partial charge on any atom is -0.384 e. The number of hydrogen-bond acceptors (Lipinski definition) is 3. The summed E-state index contributed by atoms with van der Waals surface area (Å²) >= 11 is 0. The van der Waals surface area contributed by atoms with Crippen LogP contribution in [0.4, 0.5) is 5.69 Å². The number of likely N-dealkylation sites (tertiary alicyclic amines) is 1. The van der Waals surface area contributed by atoms with Gasteiger partial charge in [-0.1, -0.05) is 25.1 Å². The maximum atomic E-state index is 5.20. The molecule has 2 rings (SSSR count). The van der Waals surface area contributed by atoms with Gasteiger partial charge in [0.05, 0.1) is 6.61 Å². The van der Waals surface area contributed by atoms with E-state index in [1.165, 1.54) is 50.1 Å². The smallest absolute Gasteiger partial charge is 0.0503 e. The van der Waals surface area contributed by atoms with E-state index in [0.717, 1.165) is 13.0 Å². The van der Waals surface area contributed by atoms with Gasteiger partial charge in [-0.05, 0) is 43.9 Å². The van der Waals surface area contributed by atoms with Crippen LogP contribution < -0.4 is 5.32 Å². The van der Waals surface area contributed by atoms with E-state index < -0.39 is 0 Å². The quantitative estimate of drug-likeness (QED) is 0.828. The first-order chi connectivity index (χ1) is 9.83. The van der Waals surface area contributed by atoms with E-state index in [0.29, 0.717) is 6.04 Å². The number of para-hydroxylation sites is 1. The van der Waals surface area contributed by atoms with Crippen LogP contribution in [-0.2, 0) is 11.2 Å². The van der Waals surface area contributed by atoms with Gasteiger partial charge in [-0.2, -0.15) is 0 Å². The SMILES string of the molecule is CCCN1CCC(Nc2ccccc2CCOC)CC1. The molecule has 1 aromatic rings. The lowest BCUT2D eigenvalue weighted by atomic mass is 10.0. The van der Waals surface area contributed by atoms with E-state index in [-0.39, 0.29) is 0 Å². The molecule has 1 aliphatic rings. The fourth-order valence-electron chi connectivity index (χ4n) is 2.93. The molecule has 0 saturated carbocycles. The number of piperidine rings is 1. The van der Waals surface area contributed by atoms with Crippen LogP contribution >= 0.6 is 0 Å². The maximum Gasteiger partial charge on any atom is 0.0503 e. The number of rotatable bonds is 7. The Bertz CT molecular complexity index is 386. The third-order valence-corrected chi connectivity index (χ3v) is 4.08. The first-order valence-electron chi connectivity index (χ1n) is 7.89. The van der Waals surface area contributed by atoms with Gasteiger partial charge in [0, 0.05) is 31.9 Å². The van der Waals surface area contributed by atoms with Gasteiger partial charge in [0.1, 0.15) is 0 Å². The second kappa shape index (κ2) is 8.28. The van der Waals surface area contributed by atoms with Gasteiger partial charge in [0.15, 0.2) is 0 Å². The molecule has 1 aliphatic heterocycles. The van der Waals surface area contributed by atoms with E-state index >= 15 is 0 Å². The molecule has 1 fully saturated rings. The highest BCUT2D eigenvalue weighted by atomic mass is 16.5. The lowest BCUT2D eigenvalue weighted by Crippen LogP contribution is -2.39. The molecular formula is C17H28N2O. The average Bonchev–Trinajstić information content (AvgIpc) is 2.49. The highest BCUT2D eigenvalue weighted by Crippen LogP contribution is 2.21. The first-order valence-corrected chi connectivity index (χ1v) is 7.89. The zero-order valence-corrected chi connectivity index (χ0v) is 12.9. The molecule has 1 aromatic carbocycles. The van der Waals surface area contributed by atoms with Gasteiger partial charge in [0.2, 0.25) is 0 Å². The lowest BCUT2D eigenvalue weighted by Gasteiger charge is -2.33. The Labute approximate surface area is 123 Å². The van der Waals surface area contributed by atoms with Crippen molar-refractivity contribution in [2.75, 3.05) is 38.7 Å². The first kappa shape index (κ1) is 15.3. The van der Waals surface area contributed by atoms with E-state index in [1.54, 1.807) is 7.11 Å². The minimum absolute atomic E-state index is 0.617. The fourth-order valence-corrected chi connectivity index (χ4v) is 2.93. The Morgan fingerprint density at radius 3 is 2.70 bits per heavy atom. The Kier molecular flexibility index (Phi) is 6.34. The normalized spacial score (nSPS) is 17.3. The average molecular weight is 276 g/mol. The molecule has 0 radical (unpaired) electrons. The highest BCUT2D eigenvalue weighted by Gasteiger charge is 2.18. The van der Waals surface area contributed by atoms with Crippen LogP contribution in [0, 0.1) is 0 Å². The van der Waals surface area contributed by atoms with Gasteiger partial charge in [-0.15, -0.1) is 0 Å². The van der Waals surface area contributed by atoms with E-state index in [1.807, 2.05) is 0 Å². The monoisotopic (exact) mass is 276 g/mol. The van der Waals surface area contributed by atoms with Crippen LogP contribution in [0.5, 0.6) is 0 Å². The summed E-state index contributed by atoms with van der Waals surface area (Å²) in [6.45, 7) is 6.75. The van der Waals surface area contributed by atoms with Crippen molar-refractivity contribution >= 4 is 5.69 Å². The van der Waals surface area contributed by atoms with Crippen molar-refractivity contribution in [2.24, 2.45) is 0 Å². The molecule has 0 atom stereocenters. The van der Waals surface area contributed by atoms with E-state index in [4.69, 9.17) is 4.74 Å². The predicted molar refractivity (Wildman–Crippen MR) is 85.4 cm³/mol. The van der Waals surface area contributed by atoms with Crippen LogP contribution in [0.1, 0.15) is 31.7 Å². The molecule has 3 heteroatoms. The Balaban J connectivity index is 1.87. The van der Waals surface area contributed by atoms with E-state index in [9.17, 15) is 0 Å². The predicted octanol–water partition coefficient (Wildman–Crippen LogP) is 3.16. The molecule has 1 N–H and O–H groups in total. The van der Waals surface area contributed by atoms with Gasteiger partial charge in [0.25, 0.3) is 0 Å². The van der Waals surface area contributed by atoms with Crippen LogP contribution in [-0.4, -0.2) is 44.3 Å². The third kappa shape index (κ3) is 4.50. The summed E-state index contributed by atoms with van der Waals surface area (Å²) in [5.74, 6) is 0. The van der Waals surface area contributed by atoms with Crippen molar-refractivity contribution in [3.05, 3.63) is 29.8 Å². The summed E-state index contributed by atoms with van der Waals surface area (Å²) in [5, 5.41) is 3.74. The molecule has 0 unspecified atom stereocenters. The number of benzene rings is 1. The molecule has 1 heterocycles. The summed E-state index contributed by atoms with van der Waals surface area (Å²) in [6.07, 6.45) is 4.74. The van der Waals surface area contributed by atoms with Crippen molar-refractivity contribution in [1.82, 2.24) is 4.90 Å². The van der Waals surface area contributed by atoms with Crippen LogP contribution in [0.2, 0.25) is 0 Å². The summed E-state index contributed by atoms with van der Waals surface area (Å²) in [7, 11) is 1.76. The molecular weight excluding hydrogens is 248 g/mol. The largest absolute Gasteiger partial charge is 0.384 e. The molecule has 0 spiro atoms. The molecule has 3 nitrogen and oxygen atoms in total. The van der Waals surface area contributed by atoms with Gasteiger partial charge < -0.3 is 15.0 Å². The summed E-state index contributed by atoms with van der Waals surface area (Å²) in [5.41, 5.74) is 2.66. The zero-order valence-electron chi connectivity index (χ0n) is 12.9.